The molecule has 0 atom stereocenters. The van der Waals surface area contributed by atoms with Gasteiger partial charge in [0.25, 0.3) is 5.91 Å². The van der Waals surface area contributed by atoms with E-state index in [1.165, 1.54) is 0 Å². The summed E-state index contributed by atoms with van der Waals surface area (Å²) in [5.41, 5.74) is 5.18. The maximum absolute atomic E-state index is 13.4. The van der Waals surface area contributed by atoms with E-state index in [0.29, 0.717) is 16.9 Å². The summed E-state index contributed by atoms with van der Waals surface area (Å²) >= 11 is 0. The van der Waals surface area contributed by atoms with Crippen molar-refractivity contribution in [2.24, 2.45) is 0 Å². The molecule has 36 heavy (non-hydrogen) atoms. The highest BCUT2D eigenvalue weighted by Crippen LogP contribution is 2.24. The monoisotopic (exact) mass is 477 g/mol. The standard InChI is InChI=1S/C29H26N6O/c1-19-9-12-35(18-19)25-14-20(2)13-24(16-25)32-28(36)22-7-6-21(3)27(15-22)34-29-31-11-8-26(33-29)23-5-4-10-30-17-23/h4-18H,1-3H3,(H,32,36)(H,31,33,34)/i6D,7D,15D. The highest BCUT2D eigenvalue weighted by atomic mass is 16.1. The fraction of sp³-hybridized carbons (Fsp3) is 0.103. The molecule has 0 aliphatic carbocycles. The summed E-state index contributed by atoms with van der Waals surface area (Å²) in [6, 6.07) is 12.4. The molecule has 3 aromatic heterocycles. The van der Waals surface area contributed by atoms with E-state index in [1.807, 2.05) is 61.1 Å². The predicted octanol–water partition coefficient (Wildman–Crippen LogP) is 6.25. The first kappa shape index (κ1) is 19.5. The molecule has 178 valence electrons. The van der Waals surface area contributed by atoms with Gasteiger partial charge in [-0.15, -0.1) is 0 Å². The normalized spacial score (nSPS) is 11.9. The molecule has 0 aliphatic rings. The lowest BCUT2D eigenvalue weighted by Gasteiger charge is -2.13. The fourth-order valence-electron chi connectivity index (χ4n) is 3.75. The third kappa shape index (κ3) is 5.15. The lowest BCUT2D eigenvalue weighted by atomic mass is 10.1. The quantitative estimate of drug-likeness (QED) is 0.302. The zero-order chi connectivity index (χ0) is 27.7. The Kier molecular flexibility index (Phi) is 5.33. The molecule has 0 radical (unpaired) electrons. The van der Waals surface area contributed by atoms with Gasteiger partial charge in [-0.3, -0.25) is 9.78 Å². The minimum absolute atomic E-state index is 0.158. The van der Waals surface area contributed by atoms with Crippen LogP contribution in [-0.4, -0.2) is 25.4 Å². The highest BCUT2D eigenvalue weighted by Gasteiger charge is 2.12. The first-order valence-electron chi connectivity index (χ1n) is 12.9. The van der Waals surface area contributed by atoms with E-state index in [-0.39, 0.29) is 35.3 Å². The van der Waals surface area contributed by atoms with Crippen LogP contribution in [0.3, 0.4) is 0 Å². The van der Waals surface area contributed by atoms with Crippen molar-refractivity contribution in [1.82, 2.24) is 19.5 Å². The van der Waals surface area contributed by atoms with Crippen LogP contribution in [-0.2, 0) is 0 Å². The molecular formula is C29H26N6O. The van der Waals surface area contributed by atoms with Gasteiger partial charge in [0.2, 0.25) is 5.95 Å². The topological polar surface area (TPSA) is 84.7 Å². The van der Waals surface area contributed by atoms with E-state index in [0.717, 1.165) is 22.4 Å². The lowest BCUT2D eigenvalue weighted by molar-refractivity contribution is 0.102. The molecular weight excluding hydrogens is 448 g/mol. The van der Waals surface area contributed by atoms with E-state index >= 15 is 0 Å². The Morgan fingerprint density at radius 3 is 2.69 bits per heavy atom. The number of rotatable bonds is 6. The number of anilines is 3. The molecule has 1 amide bonds. The minimum atomic E-state index is -0.646. The zero-order valence-electron chi connectivity index (χ0n) is 23.1. The number of pyridine rings is 1. The second-order valence-electron chi connectivity index (χ2n) is 8.49. The molecule has 2 aromatic carbocycles. The lowest BCUT2D eigenvalue weighted by Crippen LogP contribution is -2.13. The van der Waals surface area contributed by atoms with Gasteiger partial charge in [-0.1, -0.05) is 6.04 Å². The third-order valence-electron chi connectivity index (χ3n) is 5.54. The number of hydrogen-bond acceptors (Lipinski definition) is 5. The van der Waals surface area contributed by atoms with Gasteiger partial charge in [-0.05, 0) is 92.0 Å². The summed E-state index contributed by atoms with van der Waals surface area (Å²) in [7, 11) is 0. The summed E-state index contributed by atoms with van der Waals surface area (Å²) < 4.78 is 27.7. The van der Waals surface area contributed by atoms with Crippen molar-refractivity contribution in [3.05, 3.63) is 114 Å². The van der Waals surface area contributed by atoms with Crippen LogP contribution in [0.4, 0.5) is 17.3 Å². The van der Waals surface area contributed by atoms with Gasteiger partial charge in [0, 0.05) is 59.2 Å². The number of carbonyl (C=O) groups is 1. The van der Waals surface area contributed by atoms with Crippen LogP contribution in [0.25, 0.3) is 16.9 Å². The Morgan fingerprint density at radius 2 is 1.92 bits per heavy atom. The van der Waals surface area contributed by atoms with E-state index in [1.54, 1.807) is 37.6 Å². The van der Waals surface area contributed by atoms with Crippen LogP contribution in [0.15, 0.2) is 91.6 Å². The zero-order valence-corrected chi connectivity index (χ0v) is 20.1. The van der Waals surface area contributed by atoms with E-state index in [2.05, 4.69) is 25.6 Å². The molecule has 0 aliphatic heterocycles. The maximum Gasteiger partial charge on any atom is 0.255 e. The predicted molar refractivity (Wildman–Crippen MR) is 143 cm³/mol. The van der Waals surface area contributed by atoms with Crippen molar-refractivity contribution in [2.75, 3.05) is 10.6 Å². The Balaban J connectivity index is 1.48. The number of carbonyl (C=O) groups excluding carboxylic acids is 1. The molecule has 7 heteroatoms. The summed E-state index contributed by atoms with van der Waals surface area (Å²) in [4.78, 5) is 26.3. The molecule has 3 heterocycles. The Morgan fingerprint density at radius 1 is 1.03 bits per heavy atom. The van der Waals surface area contributed by atoms with Crippen LogP contribution in [0.1, 0.15) is 31.2 Å². The molecule has 5 aromatic rings. The Labute approximate surface area is 214 Å². The third-order valence-corrected chi connectivity index (χ3v) is 5.54. The smallest absolute Gasteiger partial charge is 0.255 e. The van der Waals surface area contributed by atoms with Crippen LogP contribution in [0, 0.1) is 20.8 Å². The van der Waals surface area contributed by atoms with Crippen LogP contribution < -0.4 is 10.6 Å². The van der Waals surface area contributed by atoms with Crippen LogP contribution in [0.5, 0.6) is 0 Å². The van der Waals surface area contributed by atoms with Crippen molar-refractivity contribution in [3.63, 3.8) is 0 Å². The Hall–Kier alpha value is -4.78. The molecule has 0 saturated heterocycles. The number of nitrogens with one attached hydrogen (secondary N) is 2. The van der Waals surface area contributed by atoms with Gasteiger partial charge < -0.3 is 15.2 Å². The number of benzene rings is 2. The van der Waals surface area contributed by atoms with Gasteiger partial charge in [-0.25, -0.2) is 9.97 Å². The highest BCUT2D eigenvalue weighted by molar-refractivity contribution is 6.05. The van der Waals surface area contributed by atoms with Gasteiger partial charge in [0.15, 0.2) is 0 Å². The number of amides is 1. The average molecular weight is 478 g/mol. The number of hydrogen-bond donors (Lipinski definition) is 2. The van der Waals surface area contributed by atoms with E-state index in [9.17, 15) is 4.79 Å². The molecule has 7 nitrogen and oxygen atoms in total. The van der Waals surface area contributed by atoms with Gasteiger partial charge in [0.05, 0.1) is 9.81 Å². The summed E-state index contributed by atoms with van der Waals surface area (Å²) in [5, 5.41) is 5.83. The molecule has 0 saturated carbocycles. The summed E-state index contributed by atoms with van der Waals surface area (Å²) in [5.74, 6) is -0.450. The molecule has 2 N–H and O–H groups in total. The number of aromatic nitrogens is 4. The molecule has 0 unspecified atom stereocenters. The molecule has 0 bridgehead atoms. The van der Waals surface area contributed by atoms with Gasteiger partial charge in [0.1, 0.15) is 0 Å². The first-order valence-corrected chi connectivity index (χ1v) is 11.4. The minimum Gasteiger partial charge on any atom is -0.324 e. The second-order valence-corrected chi connectivity index (χ2v) is 8.49. The van der Waals surface area contributed by atoms with Crippen LogP contribution >= 0.6 is 0 Å². The van der Waals surface area contributed by atoms with Crippen molar-refractivity contribution in [2.45, 2.75) is 20.8 Å². The van der Waals surface area contributed by atoms with Gasteiger partial charge in [-0.2, -0.15) is 0 Å². The second kappa shape index (κ2) is 9.84. The fourth-order valence-corrected chi connectivity index (χ4v) is 3.75. The van der Waals surface area contributed by atoms with Crippen molar-refractivity contribution < 1.29 is 8.91 Å². The van der Waals surface area contributed by atoms with E-state index in [4.69, 9.17) is 4.11 Å². The first-order chi connectivity index (χ1) is 18.7. The van der Waals surface area contributed by atoms with Gasteiger partial charge >= 0.3 is 0 Å². The van der Waals surface area contributed by atoms with E-state index < -0.39 is 5.91 Å². The van der Waals surface area contributed by atoms with Crippen molar-refractivity contribution >= 4 is 23.2 Å². The molecule has 0 spiro atoms. The number of aryl methyl sites for hydroxylation is 2. The summed E-state index contributed by atoms with van der Waals surface area (Å²) in [6.07, 6.45) is 8.85. The molecule has 0 fully saturated rings. The molecule has 5 rings (SSSR count). The average Bonchev–Trinajstić information content (AvgIpc) is 3.37. The Bertz CT molecular complexity index is 1700. The largest absolute Gasteiger partial charge is 0.324 e. The number of nitrogens with zero attached hydrogens (tertiary/aromatic N) is 4. The SMILES string of the molecule is [2H]c1c([2H])c(C(=O)Nc2cc(C)cc(-n3ccc(C)c3)c2)c([2H])c(Nc2nccc(-c3cccnc3)n2)c1C. The van der Waals surface area contributed by atoms with Crippen LogP contribution in [0.2, 0.25) is 0 Å². The summed E-state index contributed by atoms with van der Waals surface area (Å²) in [6.45, 7) is 5.55. The van der Waals surface area contributed by atoms with Crippen molar-refractivity contribution in [1.29, 1.82) is 0 Å². The maximum atomic E-state index is 13.4. The van der Waals surface area contributed by atoms with Crippen molar-refractivity contribution in [3.8, 4) is 16.9 Å².